The highest BCUT2D eigenvalue weighted by Gasteiger charge is 2.22. The molecule has 0 unspecified atom stereocenters. The fourth-order valence-electron chi connectivity index (χ4n) is 2.94. The van der Waals surface area contributed by atoms with E-state index >= 15 is 0 Å². The number of rotatable bonds is 3. The van der Waals surface area contributed by atoms with E-state index in [0.717, 1.165) is 41.7 Å². The van der Waals surface area contributed by atoms with Crippen molar-refractivity contribution in [2.24, 2.45) is 0 Å². The van der Waals surface area contributed by atoms with Gasteiger partial charge >= 0.3 is 5.97 Å². The van der Waals surface area contributed by atoms with Gasteiger partial charge in [0, 0.05) is 23.3 Å². The summed E-state index contributed by atoms with van der Waals surface area (Å²) in [5, 5.41) is 0.997. The fraction of sp³-hybridized carbons (Fsp3) is 0.412. The average molecular weight is 315 g/mol. The Balaban J connectivity index is 2.05. The first-order chi connectivity index (χ1) is 10.7. The van der Waals surface area contributed by atoms with E-state index in [1.54, 1.807) is 0 Å². The van der Waals surface area contributed by atoms with Crippen LogP contribution in [0.4, 0.5) is 0 Å². The van der Waals surface area contributed by atoms with Crippen molar-refractivity contribution in [1.29, 1.82) is 0 Å². The smallest absolute Gasteiger partial charge is 0.348 e. The predicted octanol–water partition coefficient (Wildman–Crippen LogP) is 4.00. The molecule has 0 bridgehead atoms. The number of hydrogen-bond donors (Lipinski definition) is 0. The molecule has 1 aromatic carbocycles. The maximum absolute atomic E-state index is 11.9. The van der Waals surface area contributed by atoms with Gasteiger partial charge in [0.15, 0.2) is 0 Å². The normalized spacial score (nSPS) is 15.6. The van der Waals surface area contributed by atoms with Gasteiger partial charge in [-0.05, 0) is 30.4 Å². The molecule has 1 aromatic heterocycles. The molecule has 0 radical (unpaired) electrons. The Kier molecular flexibility index (Phi) is 4.41. The average Bonchev–Trinajstić information content (AvgIpc) is 2.93. The van der Waals surface area contributed by atoms with Gasteiger partial charge < -0.3 is 14.3 Å². The molecule has 0 aliphatic carbocycles. The number of ether oxygens (including phenoxy) is 2. The van der Waals surface area contributed by atoms with Gasteiger partial charge in [0.1, 0.15) is 4.88 Å². The van der Waals surface area contributed by atoms with Crippen LogP contribution >= 0.6 is 11.3 Å². The summed E-state index contributed by atoms with van der Waals surface area (Å²) in [6.07, 6.45) is 2.07. The molecule has 114 valence electrons. The van der Waals surface area contributed by atoms with Crippen molar-refractivity contribution < 1.29 is 14.3 Å². The highest BCUT2D eigenvalue weighted by Crippen LogP contribution is 2.36. The number of fused-ring (bicyclic) bond motifs is 1. The summed E-state index contributed by atoms with van der Waals surface area (Å²) in [6.45, 7) is 8.94. The molecule has 3 rings (SSSR count). The van der Waals surface area contributed by atoms with E-state index in [0.29, 0.717) is 10.8 Å². The van der Waals surface area contributed by atoms with Crippen LogP contribution in [0.1, 0.15) is 39.6 Å². The van der Waals surface area contributed by atoms with E-state index in [2.05, 4.69) is 17.0 Å². The summed E-state index contributed by atoms with van der Waals surface area (Å²) in [5.74, 6) is 0.165. The van der Waals surface area contributed by atoms with Crippen LogP contribution in [0, 0.1) is 6.57 Å². The van der Waals surface area contributed by atoms with Crippen molar-refractivity contribution in [3.8, 4) is 0 Å². The molecule has 4 nitrogen and oxygen atoms in total. The van der Waals surface area contributed by atoms with Gasteiger partial charge in [0.25, 0.3) is 0 Å². The van der Waals surface area contributed by atoms with E-state index in [1.807, 2.05) is 6.07 Å². The number of nitrogens with zero attached hydrogens (tertiary/aromatic N) is 1. The molecular weight excluding hydrogens is 298 g/mol. The molecule has 1 fully saturated rings. The van der Waals surface area contributed by atoms with Gasteiger partial charge in [-0.1, -0.05) is 12.1 Å². The third-order valence-electron chi connectivity index (χ3n) is 4.12. The second kappa shape index (κ2) is 6.47. The first kappa shape index (κ1) is 15.0. The Morgan fingerprint density at radius 3 is 2.91 bits per heavy atom. The van der Waals surface area contributed by atoms with E-state index in [9.17, 15) is 4.79 Å². The standard InChI is InChI=1S/C17H17NO3S/c1-18-10-14-13-4-3-12(11-5-7-21-8-6-11)9-15(13)22-16(14)17(19)20-2/h3-4,9,11H,5-8,10H2,2H3. The summed E-state index contributed by atoms with van der Waals surface area (Å²) in [6, 6.07) is 6.33. The van der Waals surface area contributed by atoms with Gasteiger partial charge in [0.2, 0.25) is 6.54 Å². The lowest BCUT2D eigenvalue weighted by molar-refractivity contribution is 0.0605. The third-order valence-corrected chi connectivity index (χ3v) is 5.29. The summed E-state index contributed by atoms with van der Waals surface area (Å²) < 4.78 is 11.3. The topological polar surface area (TPSA) is 39.9 Å². The van der Waals surface area contributed by atoms with Gasteiger partial charge in [0.05, 0.1) is 12.7 Å². The summed E-state index contributed by atoms with van der Waals surface area (Å²) in [4.78, 5) is 15.9. The Bertz CT molecular complexity index is 738. The quantitative estimate of drug-likeness (QED) is 0.635. The molecule has 0 N–H and O–H groups in total. The van der Waals surface area contributed by atoms with Crippen molar-refractivity contribution in [3.63, 3.8) is 0 Å². The van der Waals surface area contributed by atoms with E-state index < -0.39 is 0 Å². The van der Waals surface area contributed by atoms with Crippen molar-refractivity contribution in [2.45, 2.75) is 25.3 Å². The van der Waals surface area contributed by atoms with Crippen molar-refractivity contribution >= 4 is 27.4 Å². The van der Waals surface area contributed by atoms with Crippen LogP contribution in [-0.4, -0.2) is 26.3 Å². The zero-order chi connectivity index (χ0) is 15.5. The van der Waals surface area contributed by atoms with Crippen LogP contribution in [0.2, 0.25) is 0 Å². The number of esters is 1. The molecule has 5 heteroatoms. The molecular formula is C17H17NO3S. The molecule has 1 aliphatic rings. The van der Waals surface area contributed by atoms with E-state index in [1.165, 1.54) is 24.0 Å². The lowest BCUT2D eigenvalue weighted by Crippen LogP contribution is -2.13. The van der Waals surface area contributed by atoms with E-state index in [4.69, 9.17) is 16.0 Å². The van der Waals surface area contributed by atoms with Crippen molar-refractivity contribution in [2.75, 3.05) is 20.3 Å². The van der Waals surface area contributed by atoms with Crippen LogP contribution in [-0.2, 0) is 16.0 Å². The first-order valence-electron chi connectivity index (χ1n) is 7.29. The zero-order valence-corrected chi connectivity index (χ0v) is 13.2. The number of thiophene rings is 1. The number of carbonyl (C=O) groups is 1. The summed E-state index contributed by atoms with van der Waals surface area (Å²) in [5.41, 5.74) is 2.09. The zero-order valence-electron chi connectivity index (χ0n) is 12.4. The highest BCUT2D eigenvalue weighted by molar-refractivity contribution is 7.21. The first-order valence-corrected chi connectivity index (χ1v) is 8.11. The highest BCUT2D eigenvalue weighted by atomic mass is 32.1. The minimum atomic E-state index is -0.354. The Morgan fingerprint density at radius 2 is 2.23 bits per heavy atom. The Labute approximate surface area is 133 Å². The maximum atomic E-state index is 11.9. The van der Waals surface area contributed by atoms with Crippen molar-refractivity contribution in [1.82, 2.24) is 0 Å². The number of hydrogen-bond acceptors (Lipinski definition) is 4. The SMILES string of the molecule is [C-]#[N+]Cc1c(C(=O)OC)sc2cc(C3CCOCC3)ccc12. The number of methoxy groups -OCH3 is 1. The fourth-order valence-corrected chi connectivity index (χ4v) is 4.13. The van der Waals surface area contributed by atoms with Crippen LogP contribution in [0.15, 0.2) is 18.2 Å². The molecule has 1 aliphatic heterocycles. The van der Waals surface area contributed by atoms with Gasteiger partial charge in [-0.15, -0.1) is 11.3 Å². The largest absolute Gasteiger partial charge is 0.465 e. The second-order valence-electron chi connectivity index (χ2n) is 5.36. The molecule has 0 amide bonds. The van der Waals surface area contributed by atoms with Crippen LogP contribution in [0.5, 0.6) is 0 Å². The predicted molar refractivity (Wildman–Crippen MR) is 86.3 cm³/mol. The monoisotopic (exact) mass is 315 g/mol. The molecule has 0 spiro atoms. The van der Waals surface area contributed by atoms with Gasteiger partial charge in [-0.25, -0.2) is 11.4 Å². The minimum absolute atomic E-state index is 0.209. The molecule has 0 atom stereocenters. The molecule has 2 heterocycles. The summed E-state index contributed by atoms with van der Waals surface area (Å²) in [7, 11) is 1.38. The number of carbonyl (C=O) groups excluding carboxylic acids is 1. The van der Waals surface area contributed by atoms with Gasteiger partial charge in [-0.3, -0.25) is 0 Å². The summed E-state index contributed by atoms with van der Waals surface area (Å²) >= 11 is 1.43. The maximum Gasteiger partial charge on any atom is 0.348 e. The molecule has 22 heavy (non-hydrogen) atoms. The molecule has 0 saturated carbocycles. The van der Waals surface area contributed by atoms with Gasteiger partial charge in [-0.2, -0.15) is 0 Å². The minimum Gasteiger partial charge on any atom is -0.465 e. The van der Waals surface area contributed by atoms with E-state index in [-0.39, 0.29) is 12.5 Å². The van der Waals surface area contributed by atoms with Crippen LogP contribution in [0.25, 0.3) is 14.9 Å². The second-order valence-corrected chi connectivity index (χ2v) is 6.41. The number of benzene rings is 1. The molecule has 2 aromatic rings. The lowest BCUT2D eigenvalue weighted by atomic mass is 9.91. The van der Waals surface area contributed by atoms with Crippen LogP contribution < -0.4 is 0 Å². The van der Waals surface area contributed by atoms with Crippen LogP contribution in [0.3, 0.4) is 0 Å². The van der Waals surface area contributed by atoms with Crippen molar-refractivity contribution in [3.05, 3.63) is 45.6 Å². The lowest BCUT2D eigenvalue weighted by Gasteiger charge is -2.22. The molecule has 1 saturated heterocycles. The third kappa shape index (κ3) is 2.72. The Morgan fingerprint density at radius 1 is 1.45 bits per heavy atom. The Hall–Kier alpha value is -1.90.